The topological polar surface area (TPSA) is 0 Å². The van der Waals surface area contributed by atoms with Gasteiger partial charge in [0.1, 0.15) is 0 Å². The Morgan fingerprint density at radius 3 is 1.47 bits per heavy atom. The van der Waals surface area contributed by atoms with Crippen LogP contribution in [0.15, 0.2) is 56.5 Å². The lowest BCUT2D eigenvalue weighted by atomic mass is 9.61. The second kappa shape index (κ2) is 10.6. The number of unbranched alkanes of at least 4 members (excludes halogenated alkanes) is 6. The Hall–Kier alpha value is -0.860. The van der Waals surface area contributed by atoms with Crippen LogP contribution < -0.4 is 0 Å². The Morgan fingerprint density at radius 2 is 1.09 bits per heavy atom. The molecule has 2 atom stereocenters. The molecule has 0 spiro atoms. The van der Waals surface area contributed by atoms with Gasteiger partial charge >= 0.3 is 0 Å². The number of allylic oxidation sites excluding steroid dienone is 6. The first-order chi connectivity index (χ1) is 15.5. The van der Waals surface area contributed by atoms with E-state index in [4.69, 9.17) is 0 Å². The zero-order valence-electron chi connectivity index (χ0n) is 20.0. The van der Waals surface area contributed by atoms with E-state index in [0.29, 0.717) is 11.8 Å². The molecule has 0 saturated heterocycles. The van der Waals surface area contributed by atoms with E-state index in [1.54, 1.807) is 33.4 Å². The van der Waals surface area contributed by atoms with Crippen molar-refractivity contribution in [3.63, 3.8) is 0 Å². The maximum Gasteiger partial charge on any atom is 0.0355 e. The minimum atomic E-state index is 0.374. The van der Waals surface area contributed by atoms with Crippen LogP contribution in [0, 0.1) is 11.8 Å². The van der Waals surface area contributed by atoms with Gasteiger partial charge in [-0.25, -0.2) is 0 Å². The van der Waals surface area contributed by atoms with Crippen LogP contribution in [-0.2, 0) is 25.7 Å². The molecule has 0 amide bonds. The van der Waals surface area contributed by atoms with Crippen LogP contribution in [0.5, 0.6) is 0 Å². The molecule has 0 N–H and O–H groups in total. The highest BCUT2D eigenvalue weighted by atomic mass is 79.9. The summed E-state index contributed by atoms with van der Waals surface area (Å²) in [4.78, 5) is 0. The molecular formula is C30H38Br2. The minimum Gasteiger partial charge on any atom is -0.0946 e. The number of rotatable bonds is 10. The molecule has 32 heavy (non-hydrogen) atoms. The van der Waals surface area contributed by atoms with E-state index in [9.17, 15) is 0 Å². The third-order valence-corrected chi connectivity index (χ3v) is 10.2. The van der Waals surface area contributed by atoms with Gasteiger partial charge in [0.15, 0.2) is 0 Å². The third-order valence-electron chi connectivity index (χ3n) is 7.93. The quantitative estimate of drug-likeness (QED) is 0.198. The average Bonchev–Trinajstić information content (AvgIpc) is 2.80. The molecule has 0 fully saturated rings. The largest absolute Gasteiger partial charge is 0.0946 e. The molecule has 0 nitrogen and oxygen atoms in total. The predicted octanol–water partition coefficient (Wildman–Crippen LogP) is 9.78. The summed E-state index contributed by atoms with van der Waals surface area (Å²) in [5.74, 6) is 0.748. The Balaban J connectivity index is 1.73. The molecule has 1 aromatic rings. The summed E-state index contributed by atoms with van der Waals surface area (Å²) in [6.45, 7) is 13.4. The van der Waals surface area contributed by atoms with Gasteiger partial charge in [0, 0.05) is 20.8 Å². The van der Waals surface area contributed by atoms with Gasteiger partial charge in [-0.15, -0.1) is 0 Å². The Kier molecular flexibility index (Phi) is 8.04. The zero-order chi connectivity index (χ0) is 22.8. The van der Waals surface area contributed by atoms with E-state index in [1.807, 2.05) is 0 Å². The molecule has 172 valence electrons. The fraction of sp³-hybridized carbons (Fsp3) is 0.533. The normalized spacial score (nSPS) is 21.4. The number of benzene rings is 1. The van der Waals surface area contributed by atoms with Gasteiger partial charge in [0.25, 0.3) is 0 Å². The van der Waals surface area contributed by atoms with Gasteiger partial charge < -0.3 is 0 Å². The molecule has 0 unspecified atom stereocenters. The van der Waals surface area contributed by atoms with Crippen molar-refractivity contribution in [3.05, 3.63) is 78.8 Å². The van der Waals surface area contributed by atoms with Crippen LogP contribution in [0.1, 0.15) is 87.5 Å². The van der Waals surface area contributed by atoms with E-state index >= 15 is 0 Å². The van der Waals surface area contributed by atoms with Crippen molar-refractivity contribution in [3.8, 4) is 0 Å². The summed E-state index contributed by atoms with van der Waals surface area (Å²) in [6, 6.07) is 0. The van der Waals surface area contributed by atoms with Gasteiger partial charge in [-0.05, 0) is 104 Å². The number of hydrogen-bond acceptors (Lipinski definition) is 0. The monoisotopic (exact) mass is 556 g/mol. The molecule has 4 aliphatic rings. The highest BCUT2D eigenvalue weighted by Crippen LogP contribution is 2.52. The van der Waals surface area contributed by atoms with Crippen molar-refractivity contribution >= 4 is 31.9 Å². The number of halogens is 2. The molecule has 5 rings (SSSR count). The van der Waals surface area contributed by atoms with Crippen molar-refractivity contribution in [1.82, 2.24) is 0 Å². The average molecular weight is 558 g/mol. The Labute approximate surface area is 212 Å². The second-order valence-electron chi connectivity index (χ2n) is 9.96. The molecule has 0 aliphatic heterocycles. The molecule has 2 heteroatoms. The fourth-order valence-corrected chi connectivity index (χ4v) is 7.39. The molecule has 2 bridgehead atoms. The minimum absolute atomic E-state index is 0.374. The Bertz CT molecular complexity index is 898. The lowest BCUT2D eigenvalue weighted by Crippen LogP contribution is -2.31. The van der Waals surface area contributed by atoms with E-state index in [0.717, 1.165) is 12.8 Å². The van der Waals surface area contributed by atoms with Crippen LogP contribution in [0.3, 0.4) is 0 Å². The van der Waals surface area contributed by atoms with E-state index in [-0.39, 0.29) is 0 Å². The van der Waals surface area contributed by atoms with Crippen LogP contribution in [-0.4, -0.2) is 0 Å². The summed E-state index contributed by atoms with van der Waals surface area (Å²) in [7, 11) is 0. The first-order valence-corrected chi connectivity index (χ1v) is 14.4. The maximum absolute atomic E-state index is 4.42. The summed E-state index contributed by atoms with van der Waals surface area (Å²) < 4.78 is 2.64. The molecule has 0 saturated carbocycles. The highest BCUT2D eigenvalue weighted by molar-refractivity contribution is 9.13. The highest BCUT2D eigenvalue weighted by Gasteiger charge is 2.39. The lowest BCUT2D eigenvalue weighted by Gasteiger charge is -2.43. The van der Waals surface area contributed by atoms with Gasteiger partial charge in [-0.2, -0.15) is 0 Å². The first kappa shape index (κ1) is 24.3. The number of fused-ring (bicyclic) bond motifs is 2. The SMILES string of the molecule is C=C1C(=C)[C@@H]2C=C[C@H]1C1=C2Cc2c(CCCCCC)c(Br)c(Br)c(CCCCCC)c2C1. The summed E-state index contributed by atoms with van der Waals surface area (Å²) in [5.41, 5.74) is 12.1. The van der Waals surface area contributed by atoms with Crippen molar-refractivity contribution in [1.29, 1.82) is 0 Å². The van der Waals surface area contributed by atoms with Crippen LogP contribution in [0.25, 0.3) is 0 Å². The standard InChI is InChI=1S/C30H38Br2/c1-5-7-9-11-13-23-27-17-25-21-15-16-22(20(4)19(21)3)26(25)18-28(27)24(30(32)29(23)31)14-12-10-8-6-2/h15-16,21-22H,3-14,17-18H2,1-2H3/t21-,22+. The summed E-state index contributed by atoms with van der Waals surface area (Å²) >= 11 is 8.09. The van der Waals surface area contributed by atoms with Gasteiger partial charge in [0.05, 0.1) is 0 Å². The summed E-state index contributed by atoms with van der Waals surface area (Å²) in [6.07, 6.45) is 19.8. The predicted molar refractivity (Wildman–Crippen MR) is 146 cm³/mol. The molecule has 4 aliphatic carbocycles. The van der Waals surface area contributed by atoms with Gasteiger partial charge in [-0.1, -0.05) is 88.8 Å². The lowest BCUT2D eigenvalue weighted by molar-refractivity contribution is 0.630. The first-order valence-electron chi connectivity index (χ1n) is 12.8. The van der Waals surface area contributed by atoms with E-state index < -0.39 is 0 Å². The van der Waals surface area contributed by atoms with Crippen LogP contribution in [0.4, 0.5) is 0 Å². The van der Waals surface area contributed by atoms with E-state index in [1.165, 1.54) is 84.3 Å². The molecule has 0 aromatic heterocycles. The van der Waals surface area contributed by atoms with Crippen LogP contribution >= 0.6 is 31.9 Å². The van der Waals surface area contributed by atoms with Gasteiger partial charge in [0.2, 0.25) is 0 Å². The summed E-state index contributed by atoms with van der Waals surface area (Å²) in [5, 5.41) is 0. The maximum atomic E-state index is 4.42. The van der Waals surface area contributed by atoms with Crippen LogP contribution in [0.2, 0.25) is 0 Å². The smallest absolute Gasteiger partial charge is 0.0355 e. The van der Waals surface area contributed by atoms with E-state index in [2.05, 4.69) is 71.0 Å². The zero-order valence-corrected chi connectivity index (χ0v) is 23.1. The fourth-order valence-electron chi connectivity index (χ4n) is 6.03. The molecular weight excluding hydrogens is 520 g/mol. The van der Waals surface area contributed by atoms with Crippen molar-refractivity contribution < 1.29 is 0 Å². The molecule has 0 heterocycles. The van der Waals surface area contributed by atoms with Gasteiger partial charge in [-0.3, -0.25) is 0 Å². The Morgan fingerprint density at radius 1 is 0.688 bits per heavy atom. The molecule has 1 aromatic carbocycles. The van der Waals surface area contributed by atoms with Crippen molar-refractivity contribution in [2.75, 3.05) is 0 Å². The third kappa shape index (κ3) is 4.43. The van der Waals surface area contributed by atoms with Crippen molar-refractivity contribution in [2.45, 2.75) is 90.9 Å². The van der Waals surface area contributed by atoms with Crippen molar-refractivity contribution in [2.24, 2.45) is 11.8 Å². The second-order valence-corrected chi connectivity index (χ2v) is 11.5. The number of hydrogen-bond donors (Lipinski definition) is 0. The molecule has 0 radical (unpaired) electrons.